The number of nitrogens with two attached hydrogens (primary N) is 1. The molecular weight excluding hydrogens is 322 g/mol. The number of nitro groups is 1. The van der Waals surface area contributed by atoms with Gasteiger partial charge in [-0.25, -0.2) is 13.6 Å². The van der Waals surface area contributed by atoms with Crippen molar-refractivity contribution in [1.82, 2.24) is 0 Å². The summed E-state index contributed by atoms with van der Waals surface area (Å²) in [6.45, 7) is 1.78. The highest BCUT2D eigenvalue weighted by Crippen LogP contribution is 2.36. The Kier molecular flexibility index (Phi) is 4.65. The third-order valence-electron chi connectivity index (χ3n) is 4.43. The molecule has 23 heavy (non-hydrogen) atoms. The normalized spacial score (nSPS) is 25.1. The molecular formula is C14H21N3O5S. The Hall–Kier alpha value is -1.71. The molecule has 0 heterocycles. The fraction of sp³-hybridized carbons (Fsp3) is 0.571. The van der Waals surface area contributed by atoms with Crippen LogP contribution in [-0.2, 0) is 10.0 Å². The molecule has 1 aliphatic carbocycles. The predicted octanol–water partition coefficient (Wildman–Crippen LogP) is 1.37. The third-order valence-corrected chi connectivity index (χ3v) is 5.34. The molecule has 0 bridgehead atoms. The van der Waals surface area contributed by atoms with E-state index in [2.05, 4.69) is 0 Å². The Labute approximate surface area is 135 Å². The van der Waals surface area contributed by atoms with Crippen molar-refractivity contribution in [3.63, 3.8) is 0 Å². The van der Waals surface area contributed by atoms with E-state index in [0.717, 1.165) is 6.07 Å². The van der Waals surface area contributed by atoms with E-state index in [1.807, 2.05) is 0 Å². The zero-order valence-corrected chi connectivity index (χ0v) is 13.9. The lowest BCUT2D eigenvalue weighted by molar-refractivity contribution is -0.384. The number of hydrogen-bond acceptors (Lipinski definition) is 6. The molecule has 1 aromatic rings. The van der Waals surface area contributed by atoms with Gasteiger partial charge in [-0.1, -0.05) is 0 Å². The van der Waals surface area contributed by atoms with Crippen LogP contribution >= 0.6 is 0 Å². The van der Waals surface area contributed by atoms with Crippen LogP contribution in [0.5, 0.6) is 0 Å². The molecule has 2 rings (SSSR count). The van der Waals surface area contributed by atoms with Gasteiger partial charge in [-0.3, -0.25) is 10.1 Å². The van der Waals surface area contributed by atoms with E-state index in [0.29, 0.717) is 31.4 Å². The van der Waals surface area contributed by atoms with Gasteiger partial charge in [0, 0.05) is 19.2 Å². The highest BCUT2D eigenvalue weighted by Gasteiger charge is 2.32. The van der Waals surface area contributed by atoms with E-state index >= 15 is 0 Å². The van der Waals surface area contributed by atoms with Gasteiger partial charge in [0.05, 0.1) is 15.4 Å². The monoisotopic (exact) mass is 343 g/mol. The van der Waals surface area contributed by atoms with Gasteiger partial charge < -0.3 is 10.0 Å². The Morgan fingerprint density at radius 2 is 1.96 bits per heavy atom. The zero-order valence-electron chi connectivity index (χ0n) is 13.1. The van der Waals surface area contributed by atoms with Crippen molar-refractivity contribution in [3.05, 3.63) is 28.3 Å². The second kappa shape index (κ2) is 6.06. The van der Waals surface area contributed by atoms with Crippen molar-refractivity contribution in [3.8, 4) is 0 Å². The standard InChI is InChI=1S/C14H21N3O5S/c1-14(18)7-5-10(6-8-14)16(2)12-4-3-11(23(15,21)22)9-13(12)17(19)20/h3-4,9-10,18H,5-8H2,1-2H3,(H2,15,21,22)/t10-,14+. The van der Waals surface area contributed by atoms with E-state index in [9.17, 15) is 23.6 Å². The van der Waals surface area contributed by atoms with Crippen molar-refractivity contribution in [1.29, 1.82) is 0 Å². The van der Waals surface area contributed by atoms with E-state index in [1.54, 1.807) is 18.9 Å². The molecule has 8 nitrogen and oxygen atoms in total. The van der Waals surface area contributed by atoms with Crippen molar-refractivity contribution in [2.75, 3.05) is 11.9 Å². The van der Waals surface area contributed by atoms with Gasteiger partial charge in [-0.15, -0.1) is 0 Å². The minimum atomic E-state index is -4.00. The first-order valence-electron chi connectivity index (χ1n) is 7.28. The quantitative estimate of drug-likeness (QED) is 0.628. The first-order valence-corrected chi connectivity index (χ1v) is 8.82. The molecule has 1 fully saturated rings. The average molecular weight is 343 g/mol. The molecule has 0 unspecified atom stereocenters. The topological polar surface area (TPSA) is 127 Å². The van der Waals surface area contributed by atoms with E-state index in [4.69, 9.17) is 5.14 Å². The molecule has 1 aliphatic rings. The van der Waals surface area contributed by atoms with Crippen LogP contribution < -0.4 is 10.0 Å². The smallest absolute Gasteiger partial charge is 0.293 e. The summed E-state index contributed by atoms with van der Waals surface area (Å²) in [6.07, 6.45) is 2.64. The van der Waals surface area contributed by atoms with Crippen LogP contribution in [0.2, 0.25) is 0 Å². The number of anilines is 1. The summed E-state index contributed by atoms with van der Waals surface area (Å²) < 4.78 is 22.8. The van der Waals surface area contributed by atoms with Gasteiger partial charge in [0.15, 0.2) is 0 Å². The number of nitro benzene ring substituents is 1. The van der Waals surface area contributed by atoms with Crippen LogP contribution in [0.1, 0.15) is 32.6 Å². The first-order chi connectivity index (χ1) is 10.5. The van der Waals surface area contributed by atoms with Crippen molar-refractivity contribution < 1.29 is 18.4 Å². The van der Waals surface area contributed by atoms with Crippen LogP contribution in [-0.4, -0.2) is 37.1 Å². The summed E-state index contributed by atoms with van der Waals surface area (Å²) in [5.41, 5.74) is -0.647. The van der Waals surface area contributed by atoms with Gasteiger partial charge >= 0.3 is 0 Å². The molecule has 0 radical (unpaired) electrons. The first kappa shape index (κ1) is 17.6. The minimum Gasteiger partial charge on any atom is -0.390 e. The van der Waals surface area contributed by atoms with E-state index in [-0.39, 0.29) is 16.6 Å². The molecule has 3 N–H and O–H groups in total. The molecule has 1 aromatic carbocycles. The number of aliphatic hydroxyl groups is 1. The van der Waals surface area contributed by atoms with Crippen LogP contribution in [0.25, 0.3) is 0 Å². The van der Waals surface area contributed by atoms with Crippen molar-refractivity contribution in [2.24, 2.45) is 5.14 Å². The van der Waals surface area contributed by atoms with Crippen molar-refractivity contribution in [2.45, 2.75) is 49.1 Å². The number of rotatable bonds is 4. The molecule has 0 atom stereocenters. The van der Waals surface area contributed by atoms with Crippen LogP contribution in [0.3, 0.4) is 0 Å². The summed E-state index contributed by atoms with van der Waals surface area (Å²) in [5.74, 6) is 0. The summed E-state index contributed by atoms with van der Waals surface area (Å²) >= 11 is 0. The van der Waals surface area contributed by atoms with Gasteiger partial charge in [0.1, 0.15) is 5.69 Å². The fourth-order valence-corrected chi connectivity index (χ4v) is 3.47. The lowest BCUT2D eigenvalue weighted by Crippen LogP contribution is -2.40. The summed E-state index contributed by atoms with van der Waals surface area (Å²) in [5, 5.41) is 26.3. The molecule has 0 amide bonds. The lowest BCUT2D eigenvalue weighted by atomic mass is 9.83. The highest BCUT2D eigenvalue weighted by molar-refractivity contribution is 7.89. The van der Waals surface area contributed by atoms with Gasteiger partial charge in [-0.05, 0) is 44.7 Å². The van der Waals surface area contributed by atoms with Gasteiger partial charge in [0.25, 0.3) is 5.69 Å². The zero-order chi connectivity index (χ0) is 17.4. The largest absolute Gasteiger partial charge is 0.390 e. The number of benzene rings is 1. The molecule has 0 saturated heterocycles. The Balaban J connectivity index is 2.33. The Morgan fingerprint density at radius 1 is 1.39 bits per heavy atom. The molecule has 0 spiro atoms. The molecule has 0 aliphatic heterocycles. The fourth-order valence-electron chi connectivity index (χ4n) is 2.93. The number of hydrogen-bond donors (Lipinski definition) is 2. The molecule has 9 heteroatoms. The molecule has 1 saturated carbocycles. The molecule has 128 valence electrons. The maximum absolute atomic E-state index is 11.4. The summed E-state index contributed by atoms with van der Waals surface area (Å²) in [4.78, 5) is 12.2. The van der Waals surface area contributed by atoms with Crippen LogP contribution in [0.4, 0.5) is 11.4 Å². The summed E-state index contributed by atoms with van der Waals surface area (Å²) in [7, 11) is -2.26. The van der Waals surface area contributed by atoms with E-state index in [1.165, 1.54) is 12.1 Å². The van der Waals surface area contributed by atoms with E-state index < -0.39 is 20.5 Å². The second-order valence-corrected chi connectivity index (χ2v) is 7.85. The SMILES string of the molecule is CN(c1ccc(S(N)(=O)=O)cc1[N+](=O)[O-])[C@H]1CC[C@@](C)(O)CC1. The van der Waals surface area contributed by atoms with Crippen molar-refractivity contribution >= 4 is 21.4 Å². The number of sulfonamides is 1. The molecule has 0 aromatic heterocycles. The lowest BCUT2D eigenvalue weighted by Gasteiger charge is -2.38. The van der Waals surface area contributed by atoms with Crippen LogP contribution in [0, 0.1) is 10.1 Å². The maximum Gasteiger partial charge on any atom is 0.293 e. The van der Waals surface area contributed by atoms with Crippen LogP contribution in [0.15, 0.2) is 23.1 Å². The number of nitrogens with zero attached hydrogens (tertiary/aromatic N) is 2. The van der Waals surface area contributed by atoms with Gasteiger partial charge in [-0.2, -0.15) is 0 Å². The Morgan fingerprint density at radius 3 is 2.43 bits per heavy atom. The third kappa shape index (κ3) is 3.98. The second-order valence-electron chi connectivity index (χ2n) is 6.29. The minimum absolute atomic E-state index is 0.0502. The number of primary sulfonamides is 1. The maximum atomic E-state index is 11.4. The highest BCUT2D eigenvalue weighted by atomic mass is 32.2. The summed E-state index contributed by atoms with van der Waals surface area (Å²) in [6, 6.07) is 3.71. The Bertz CT molecular complexity index is 707. The average Bonchev–Trinajstić information content (AvgIpc) is 2.45. The predicted molar refractivity (Wildman–Crippen MR) is 85.8 cm³/mol. The van der Waals surface area contributed by atoms with Gasteiger partial charge in [0.2, 0.25) is 10.0 Å².